The van der Waals surface area contributed by atoms with Gasteiger partial charge in [-0.05, 0) is 39.8 Å². The molecule has 0 spiro atoms. The van der Waals surface area contributed by atoms with Crippen molar-refractivity contribution in [2.75, 3.05) is 19.7 Å². The Morgan fingerprint density at radius 3 is 2.57 bits per heavy atom. The molecule has 2 rings (SSSR count). The van der Waals surface area contributed by atoms with Crippen LogP contribution in [0, 0.1) is 5.92 Å². The zero-order valence-corrected chi connectivity index (χ0v) is 13.3. The molecule has 1 atom stereocenters. The molecule has 0 aliphatic carbocycles. The predicted molar refractivity (Wildman–Crippen MR) is 77.7 cm³/mol. The van der Waals surface area contributed by atoms with Crippen LogP contribution in [0.5, 0.6) is 0 Å². The first kappa shape index (κ1) is 15.9. The fraction of sp³-hybridized carbons (Fsp3) is 0.800. The minimum atomic E-state index is -0.0651. The Morgan fingerprint density at radius 2 is 2.05 bits per heavy atom. The van der Waals surface area contributed by atoms with Crippen LogP contribution in [0.25, 0.3) is 0 Å². The minimum absolute atomic E-state index is 0.0299. The van der Waals surface area contributed by atoms with Gasteiger partial charge < -0.3 is 9.26 Å². The lowest BCUT2D eigenvalue weighted by Gasteiger charge is -2.33. The summed E-state index contributed by atoms with van der Waals surface area (Å²) in [6, 6.07) is 0.0909. The molecule has 0 bridgehead atoms. The maximum atomic E-state index is 11.7. The first-order chi connectivity index (χ1) is 10.0. The summed E-state index contributed by atoms with van der Waals surface area (Å²) in [5, 5.41) is 4.01. The largest absolute Gasteiger partial charge is 0.466 e. The maximum absolute atomic E-state index is 11.7. The van der Waals surface area contributed by atoms with E-state index in [1.807, 2.05) is 20.8 Å². The first-order valence-electron chi connectivity index (χ1n) is 7.77. The molecule has 1 aliphatic rings. The van der Waals surface area contributed by atoms with Crippen molar-refractivity contribution in [3.63, 3.8) is 0 Å². The van der Waals surface area contributed by atoms with Crippen molar-refractivity contribution >= 4 is 5.97 Å². The normalized spacial score (nSPS) is 18.9. The van der Waals surface area contributed by atoms with Gasteiger partial charge in [0.25, 0.3) is 0 Å². The summed E-state index contributed by atoms with van der Waals surface area (Å²) in [6.45, 7) is 10.2. The van der Waals surface area contributed by atoms with Gasteiger partial charge in [-0.1, -0.05) is 19.0 Å². The number of nitrogens with zero attached hydrogens (tertiary/aromatic N) is 3. The van der Waals surface area contributed by atoms with Gasteiger partial charge in [0.2, 0.25) is 5.89 Å². The smallest absolute Gasteiger partial charge is 0.309 e. The van der Waals surface area contributed by atoms with E-state index in [9.17, 15) is 4.79 Å². The summed E-state index contributed by atoms with van der Waals surface area (Å²) in [4.78, 5) is 18.5. The van der Waals surface area contributed by atoms with Gasteiger partial charge in [-0.25, -0.2) is 0 Å². The highest BCUT2D eigenvalue weighted by Gasteiger charge is 2.30. The van der Waals surface area contributed by atoms with E-state index in [0.29, 0.717) is 12.5 Å². The zero-order valence-electron chi connectivity index (χ0n) is 13.3. The van der Waals surface area contributed by atoms with Gasteiger partial charge in [0, 0.05) is 5.92 Å². The fourth-order valence-electron chi connectivity index (χ4n) is 2.59. The highest BCUT2D eigenvalue weighted by atomic mass is 16.5. The molecule has 1 aromatic heterocycles. The van der Waals surface area contributed by atoms with Gasteiger partial charge in [-0.3, -0.25) is 9.69 Å². The number of hydrogen-bond acceptors (Lipinski definition) is 6. The topological polar surface area (TPSA) is 68.5 Å². The second kappa shape index (κ2) is 7.02. The van der Waals surface area contributed by atoms with Gasteiger partial charge in [0.1, 0.15) is 0 Å². The van der Waals surface area contributed by atoms with Gasteiger partial charge in [0.15, 0.2) is 5.82 Å². The summed E-state index contributed by atoms with van der Waals surface area (Å²) in [6.07, 6.45) is 1.66. The molecule has 1 fully saturated rings. The number of piperidine rings is 1. The summed E-state index contributed by atoms with van der Waals surface area (Å²) in [7, 11) is 0. The number of rotatable bonds is 5. The molecule has 1 saturated heterocycles. The van der Waals surface area contributed by atoms with Gasteiger partial charge in [0.05, 0.1) is 18.6 Å². The van der Waals surface area contributed by atoms with E-state index in [1.165, 1.54) is 0 Å². The Morgan fingerprint density at radius 1 is 1.38 bits per heavy atom. The molecule has 0 amide bonds. The van der Waals surface area contributed by atoms with Crippen molar-refractivity contribution in [2.24, 2.45) is 5.92 Å². The molecule has 118 valence electrons. The Labute approximate surface area is 125 Å². The van der Waals surface area contributed by atoms with E-state index in [0.717, 1.165) is 31.8 Å². The third-order valence-corrected chi connectivity index (χ3v) is 4.03. The van der Waals surface area contributed by atoms with Crippen molar-refractivity contribution < 1.29 is 14.1 Å². The first-order valence-corrected chi connectivity index (χ1v) is 7.77. The lowest BCUT2D eigenvalue weighted by Crippen LogP contribution is -2.38. The van der Waals surface area contributed by atoms with E-state index < -0.39 is 0 Å². The van der Waals surface area contributed by atoms with Crippen LogP contribution in [0.2, 0.25) is 0 Å². The molecule has 21 heavy (non-hydrogen) atoms. The number of carbonyl (C=O) groups is 1. The Balaban J connectivity index is 1.90. The summed E-state index contributed by atoms with van der Waals surface area (Å²) >= 11 is 0. The molecule has 0 radical (unpaired) electrons. The average Bonchev–Trinajstić information content (AvgIpc) is 2.97. The van der Waals surface area contributed by atoms with Crippen LogP contribution in [0.1, 0.15) is 64.2 Å². The standard InChI is InChI=1S/C15H25N3O3/c1-5-20-15(19)12-6-8-18(9-7-12)11(4)14-16-13(10(2)3)17-21-14/h10-12H,5-9H2,1-4H3. The number of esters is 1. The summed E-state index contributed by atoms with van der Waals surface area (Å²) in [5.41, 5.74) is 0. The van der Waals surface area contributed by atoms with E-state index in [4.69, 9.17) is 9.26 Å². The van der Waals surface area contributed by atoms with E-state index in [1.54, 1.807) is 0 Å². The molecule has 0 aromatic carbocycles. The molecule has 6 heteroatoms. The molecular formula is C15H25N3O3. The van der Waals surface area contributed by atoms with Crippen LogP contribution < -0.4 is 0 Å². The average molecular weight is 295 g/mol. The van der Waals surface area contributed by atoms with E-state index in [2.05, 4.69) is 22.0 Å². The molecule has 1 aliphatic heterocycles. The number of ether oxygens (including phenoxy) is 1. The monoisotopic (exact) mass is 295 g/mol. The second-order valence-electron chi connectivity index (χ2n) is 5.88. The molecule has 0 N–H and O–H groups in total. The highest BCUT2D eigenvalue weighted by molar-refractivity contribution is 5.72. The van der Waals surface area contributed by atoms with Gasteiger partial charge in [-0.2, -0.15) is 4.98 Å². The van der Waals surface area contributed by atoms with Crippen LogP contribution in [0.15, 0.2) is 4.52 Å². The second-order valence-corrected chi connectivity index (χ2v) is 5.88. The van der Waals surface area contributed by atoms with Gasteiger partial charge in [-0.15, -0.1) is 0 Å². The molecule has 1 aromatic rings. The van der Waals surface area contributed by atoms with Crippen molar-refractivity contribution in [1.29, 1.82) is 0 Å². The fourth-order valence-corrected chi connectivity index (χ4v) is 2.59. The molecule has 1 unspecified atom stereocenters. The van der Waals surface area contributed by atoms with Crippen molar-refractivity contribution in [2.45, 2.75) is 52.5 Å². The predicted octanol–water partition coefficient (Wildman–Crippen LogP) is 2.53. The number of aromatic nitrogens is 2. The van der Waals surface area contributed by atoms with Crippen LogP contribution in [0.3, 0.4) is 0 Å². The maximum Gasteiger partial charge on any atom is 0.309 e. The SMILES string of the molecule is CCOC(=O)C1CCN(C(C)c2nc(C(C)C)no2)CC1. The van der Waals surface area contributed by atoms with E-state index >= 15 is 0 Å². The minimum Gasteiger partial charge on any atom is -0.466 e. The molecule has 0 saturated carbocycles. The molecule has 2 heterocycles. The third-order valence-electron chi connectivity index (χ3n) is 4.03. The number of carbonyl (C=O) groups excluding carboxylic acids is 1. The Bertz CT molecular complexity index is 464. The number of hydrogen-bond donors (Lipinski definition) is 0. The van der Waals surface area contributed by atoms with Crippen LogP contribution in [-0.2, 0) is 9.53 Å². The lowest BCUT2D eigenvalue weighted by atomic mass is 9.96. The van der Waals surface area contributed by atoms with Crippen LogP contribution in [0.4, 0.5) is 0 Å². The lowest BCUT2D eigenvalue weighted by molar-refractivity contribution is -0.149. The van der Waals surface area contributed by atoms with Gasteiger partial charge >= 0.3 is 5.97 Å². The third kappa shape index (κ3) is 3.81. The van der Waals surface area contributed by atoms with E-state index in [-0.39, 0.29) is 23.8 Å². The molecule has 6 nitrogen and oxygen atoms in total. The Kier molecular flexibility index (Phi) is 5.33. The molecular weight excluding hydrogens is 270 g/mol. The van der Waals surface area contributed by atoms with Crippen LogP contribution in [-0.4, -0.2) is 40.7 Å². The number of likely N-dealkylation sites (tertiary alicyclic amines) is 1. The summed E-state index contributed by atoms with van der Waals surface area (Å²) in [5.74, 6) is 1.64. The van der Waals surface area contributed by atoms with Crippen LogP contribution >= 0.6 is 0 Å². The van der Waals surface area contributed by atoms with Crippen molar-refractivity contribution in [3.8, 4) is 0 Å². The summed E-state index contributed by atoms with van der Waals surface area (Å²) < 4.78 is 10.5. The quantitative estimate of drug-likeness (QED) is 0.778. The zero-order chi connectivity index (χ0) is 15.4. The van der Waals surface area contributed by atoms with Crippen molar-refractivity contribution in [1.82, 2.24) is 15.0 Å². The highest BCUT2D eigenvalue weighted by Crippen LogP contribution is 2.27. The Hall–Kier alpha value is -1.43. The van der Waals surface area contributed by atoms with Crippen molar-refractivity contribution in [3.05, 3.63) is 11.7 Å².